The fourth-order valence-electron chi connectivity index (χ4n) is 1.74. The fourth-order valence-corrected chi connectivity index (χ4v) is 2.99. The third kappa shape index (κ3) is 6.27. The summed E-state index contributed by atoms with van der Waals surface area (Å²) in [4.78, 5) is 11.9. The Hall–Kier alpha value is -1.40. The van der Waals surface area contributed by atoms with Gasteiger partial charge in [0.2, 0.25) is 15.9 Å². The molecule has 0 saturated heterocycles. The largest absolute Gasteiger partial charge is 0.326 e. The number of hydrogen-bond donors (Lipinski definition) is 2. The number of carbonyl (C=O) groups is 1. The first kappa shape index (κ1) is 17.7. The van der Waals surface area contributed by atoms with Crippen molar-refractivity contribution in [2.24, 2.45) is 5.92 Å². The predicted octanol–water partition coefficient (Wildman–Crippen LogP) is 2.75. The van der Waals surface area contributed by atoms with Crippen LogP contribution in [0.2, 0.25) is 0 Å². The minimum absolute atomic E-state index is 0.0559. The van der Waals surface area contributed by atoms with Gasteiger partial charge in [-0.2, -0.15) is 0 Å². The van der Waals surface area contributed by atoms with Crippen LogP contribution in [-0.2, 0) is 14.8 Å². The van der Waals surface area contributed by atoms with Crippen molar-refractivity contribution >= 4 is 21.6 Å². The number of nitrogens with one attached hydrogen (secondary N) is 2. The van der Waals surface area contributed by atoms with Gasteiger partial charge in [0.15, 0.2) is 0 Å². The van der Waals surface area contributed by atoms with E-state index in [1.807, 2.05) is 0 Å². The lowest BCUT2D eigenvalue weighted by atomic mass is 10.1. The van der Waals surface area contributed by atoms with Crippen molar-refractivity contribution in [1.29, 1.82) is 0 Å². The van der Waals surface area contributed by atoms with E-state index in [2.05, 4.69) is 23.9 Å². The molecule has 1 rings (SSSR count). The van der Waals surface area contributed by atoms with Gasteiger partial charge >= 0.3 is 0 Å². The number of hydrogen-bond acceptors (Lipinski definition) is 3. The lowest BCUT2D eigenvalue weighted by Crippen LogP contribution is -2.30. The number of carbonyl (C=O) groups excluding carboxylic acids is 1. The highest BCUT2D eigenvalue weighted by Crippen LogP contribution is 2.15. The molecule has 2 N–H and O–H groups in total. The van der Waals surface area contributed by atoms with E-state index in [0.29, 0.717) is 18.0 Å². The summed E-state index contributed by atoms with van der Waals surface area (Å²) in [5.74, 6) is 0.421. The third-order valence-electron chi connectivity index (χ3n) is 2.79. The molecule has 0 radical (unpaired) electrons. The summed E-state index contributed by atoms with van der Waals surface area (Å²) >= 11 is 0. The van der Waals surface area contributed by atoms with Crippen LogP contribution in [0, 0.1) is 5.92 Å². The molecule has 0 bridgehead atoms. The Balaban J connectivity index is 2.68. The molecule has 6 heteroatoms. The van der Waals surface area contributed by atoms with Gasteiger partial charge < -0.3 is 5.32 Å². The molecular weight excluding hydrogens is 288 g/mol. The predicted molar refractivity (Wildman–Crippen MR) is 84.6 cm³/mol. The highest BCUT2D eigenvalue weighted by Gasteiger charge is 2.15. The molecule has 0 atom stereocenters. The summed E-state index contributed by atoms with van der Waals surface area (Å²) in [6.07, 6.45) is 1.29. The van der Waals surface area contributed by atoms with Crippen molar-refractivity contribution in [3.8, 4) is 0 Å². The van der Waals surface area contributed by atoms with Gasteiger partial charge in [0.05, 0.1) is 4.90 Å². The summed E-state index contributed by atoms with van der Waals surface area (Å²) in [7, 11) is -3.49. The Bertz CT molecular complexity index is 563. The molecule has 0 aliphatic carbocycles. The molecule has 21 heavy (non-hydrogen) atoms. The van der Waals surface area contributed by atoms with E-state index in [4.69, 9.17) is 0 Å². The van der Waals surface area contributed by atoms with Crippen molar-refractivity contribution in [3.05, 3.63) is 24.3 Å². The first-order chi connectivity index (χ1) is 9.70. The summed E-state index contributed by atoms with van der Waals surface area (Å²) in [6, 6.07) is 6.01. The van der Waals surface area contributed by atoms with E-state index in [9.17, 15) is 13.2 Å². The van der Waals surface area contributed by atoms with Crippen LogP contribution in [-0.4, -0.2) is 20.4 Å². The van der Waals surface area contributed by atoms with Gasteiger partial charge in [-0.05, 0) is 50.5 Å². The maximum atomic E-state index is 12.0. The van der Waals surface area contributed by atoms with Crippen molar-refractivity contribution in [2.45, 2.75) is 51.5 Å². The van der Waals surface area contributed by atoms with E-state index in [1.165, 1.54) is 12.1 Å². The smallest absolute Gasteiger partial charge is 0.240 e. The van der Waals surface area contributed by atoms with Crippen LogP contribution in [0.15, 0.2) is 29.2 Å². The van der Waals surface area contributed by atoms with Crippen LogP contribution in [0.25, 0.3) is 0 Å². The zero-order chi connectivity index (χ0) is 16.0. The van der Waals surface area contributed by atoms with E-state index in [1.54, 1.807) is 26.0 Å². The molecule has 0 aliphatic rings. The third-order valence-corrected chi connectivity index (χ3v) is 4.46. The minimum Gasteiger partial charge on any atom is -0.326 e. The van der Waals surface area contributed by atoms with E-state index < -0.39 is 10.0 Å². The zero-order valence-electron chi connectivity index (χ0n) is 13.0. The molecule has 118 valence electrons. The van der Waals surface area contributed by atoms with Crippen molar-refractivity contribution in [2.75, 3.05) is 5.32 Å². The monoisotopic (exact) mass is 312 g/mol. The molecule has 1 amide bonds. The summed E-state index contributed by atoms with van der Waals surface area (Å²) < 4.78 is 26.4. The second kappa shape index (κ2) is 7.56. The summed E-state index contributed by atoms with van der Waals surface area (Å²) in [5, 5.41) is 2.76. The fraction of sp³-hybridized carbons (Fsp3) is 0.533. The normalized spacial score (nSPS) is 11.9. The lowest BCUT2D eigenvalue weighted by molar-refractivity contribution is -0.116. The average Bonchev–Trinajstić information content (AvgIpc) is 2.35. The van der Waals surface area contributed by atoms with Gasteiger partial charge in [-0.3, -0.25) is 4.79 Å². The molecule has 0 unspecified atom stereocenters. The van der Waals surface area contributed by atoms with E-state index in [-0.39, 0.29) is 16.8 Å². The second-order valence-corrected chi connectivity index (χ2v) is 7.50. The molecule has 1 aromatic rings. The van der Waals surface area contributed by atoms with Crippen molar-refractivity contribution in [1.82, 2.24) is 4.72 Å². The molecular formula is C15H24N2O3S. The lowest BCUT2D eigenvalue weighted by Gasteiger charge is -2.10. The summed E-state index contributed by atoms with van der Waals surface area (Å²) in [6.45, 7) is 7.66. The molecule has 0 spiro atoms. The molecule has 5 nitrogen and oxygen atoms in total. The van der Waals surface area contributed by atoms with Gasteiger partial charge in [-0.15, -0.1) is 0 Å². The Labute approximate surface area is 127 Å². The second-order valence-electron chi connectivity index (χ2n) is 5.78. The minimum atomic E-state index is -3.49. The van der Waals surface area contributed by atoms with Gasteiger partial charge in [-0.1, -0.05) is 13.8 Å². The molecule has 1 aromatic carbocycles. The topological polar surface area (TPSA) is 75.3 Å². The van der Waals surface area contributed by atoms with Crippen LogP contribution >= 0.6 is 0 Å². The number of rotatable bonds is 7. The first-order valence-electron chi connectivity index (χ1n) is 7.13. The van der Waals surface area contributed by atoms with Crippen LogP contribution in [0.3, 0.4) is 0 Å². The average molecular weight is 312 g/mol. The first-order valence-corrected chi connectivity index (χ1v) is 8.61. The highest BCUT2D eigenvalue weighted by atomic mass is 32.2. The van der Waals surface area contributed by atoms with Crippen molar-refractivity contribution in [3.63, 3.8) is 0 Å². The SMILES string of the molecule is CC(C)CCC(=O)Nc1ccc(S(=O)(=O)NC(C)C)cc1. The van der Waals surface area contributed by atoms with E-state index in [0.717, 1.165) is 6.42 Å². The quantitative estimate of drug-likeness (QED) is 0.813. The molecule has 0 aliphatic heterocycles. The Morgan fingerprint density at radius 2 is 1.67 bits per heavy atom. The maximum absolute atomic E-state index is 12.0. The number of anilines is 1. The van der Waals surface area contributed by atoms with Gasteiger partial charge in [0.1, 0.15) is 0 Å². The Morgan fingerprint density at radius 1 is 1.10 bits per heavy atom. The number of amides is 1. The Kier molecular flexibility index (Phi) is 6.36. The zero-order valence-corrected chi connectivity index (χ0v) is 13.8. The number of sulfonamides is 1. The van der Waals surface area contributed by atoms with Gasteiger partial charge in [-0.25, -0.2) is 13.1 Å². The molecule has 0 fully saturated rings. The summed E-state index contributed by atoms with van der Waals surface area (Å²) in [5.41, 5.74) is 0.604. The van der Waals surface area contributed by atoms with Crippen LogP contribution in [0.4, 0.5) is 5.69 Å². The van der Waals surface area contributed by atoms with Crippen molar-refractivity contribution < 1.29 is 13.2 Å². The molecule has 0 heterocycles. The van der Waals surface area contributed by atoms with Crippen LogP contribution in [0.1, 0.15) is 40.5 Å². The van der Waals surface area contributed by atoms with Crippen LogP contribution in [0.5, 0.6) is 0 Å². The highest BCUT2D eigenvalue weighted by molar-refractivity contribution is 7.89. The van der Waals surface area contributed by atoms with E-state index >= 15 is 0 Å². The number of benzene rings is 1. The Morgan fingerprint density at radius 3 is 2.14 bits per heavy atom. The van der Waals surface area contributed by atoms with Gasteiger partial charge in [0.25, 0.3) is 0 Å². The maximum Gasteiger partial charge on any atom is 0.240 e. The van der Waals surface area contributed by atoms with Crippen LogP contribution < -0.4 is 10.0 Å². The molecule has 0 aromatic heterocycles. The van der Waals surface area contributed by atoms with Gasteiger partial charge in [0, 0.05) is 18.2 Å². The standard InChI is InChI=1S/C15H24N2O3S/c1-11(2)5-10-15(18)16-13-6-8-14(9-7-13)21(19,20)17-12(3)4/h6-9,11-12,17H,5,10H2,1-4H3,(H,16,18). The molecule has 0 saturated carbocycles.